The minimum Gasteiger partial charge on any atom is -0.361 e. The highest BCUT2D eigenvalue weighted by molar-refractivity contribution is 7.80. The van der Waals surface area contributed by atoms with E-state index in [1.807, 2.05) is 25.3 Å². The van der Waals surface area contributed by atoms with Crippen LogP contribution in [-0.4, -0.2) is 22.4 Å². The van der Waals surface area contributed by atoms with E-state index in [1.165, 1.54) is 0 Å². The first kappa shape index (κ1) is 11.7. The third kappa shape index (κ3) is 4.12. The molecule has 0 bridgehead atoms. The van der Waals surface area contributed by atoms with Crippen LogP contribution in [-0.2, 0) is 0 Å². The Labute approximate surface area is 95.2 Å². The third-order valence-corrected chi connectivity index (χ3v) is 2.08. The lowest BCUT2D eigenvalue weighted by Crippen LogP contribution is -2.33. The second kappa shape index (κ2) is 6.19. The van der Waals surface area contributed by atoms with E-state index in [1.54, 1.807) is 0 Å². The Hall–Kier alpha value is -1.36. The first-order valence-corrected chi connectivity index (χ1v) is 5.36. The molecule has 3 N–H and O–H groups in total. The Bertz CT molecular complexity index is 329. The lowest BCUT2D eigenvalue weighted by Gasteiger charge is -2.05. The van der Waals surface area contributed by atoms with Gasteiger partial charge in [0, 0.05) is 12.7 Å². The van der Waals surface area contributed by atoms with Gasteiger partial charge in [-0.1, -0.05) is 6.92 Å². The monoisotopic (exact) mass is 224 g/mol. The molecule has 15 heavy (non-hydrogen) atoms. The number of thiocarbonyl (C=S) groups is 1. The number of nitrogens with zero attached hydrogens (tertiary/aromatic N) is 1. The van der Waals surface area contributed by atoms with Gasteiger partial charge in [0.25, 0.3) is 0 Å². The van der Waals surface area contributed by atoms with Crippen molar-refractivity contribution in [2.75, 3.05) is 6.54 Å². The maximum atomic E-state index is 5.03. The maximum Gasteiger partial charge on any atom is 0.186 e. The summed E-state index contributed by atoms with van der Waals surface area (Å²) >= 11 is 5.03. The summed E-state index contributed by atoms with van der Waals surface area (Å²) < 4.78 is 0. The lowest BCUT2D eigenvalue weighted by molar-refractivity contribution is 0.816. The van der Waals surface area contributed by atoms with Crippen molar-refractivity contribution < 1.29 is 0 Å². The molecule has 4 nitrogen and oxygen atoms in total. The molecular weight excluding hydrogens is 208 g/mol. The van der Waals surface area contributed by atoms with Gasteiger partial charge in [0.1, 0.15) is 0 Å². The molecule has 0 unspecified atom stereocenters. The highest BCUT2D eigenvalue weighted by atomic mass is 32.1. The smallest absolute Gasteiger partial charge is 0.186 e. The van der Waals surface area contributed by atoms with Gasteiger partial charge in [-0.05, 0) is 37.7 Å². The maximum absolute atomic E-state index is 5.03. The number of rotatable bonds is 4. The quantitative estimate of drug-likeness (QED) is 0.414. The summed E-state index contributed by atoms with van der Waals surface area (Å²) in [7, 11) is 0. The van der Waals surface area contributed by atoms with Crippen molar-refractivity contribution in [1.29, 1.82) is 0 Å². The van der Waals surface area contributed by atoms with Crippen LogP contribution in [0.5, 0.6) is 0 Å². The summed E-state index contributed by atoms with van der Waals surface area (Å²) in [5.41, 5.74) is 4.66. The van der Waals surface area contributed by atoms with E-state index >= 15 is 0 Å². The van der Waals surface area contributed by atoms with Gasteiger partial charge in [-0.3, -0.25) is 5.43 Å². The zero-order chi connectivity index (χ0) is 11.1. The van der Waals surface area contributed by atoms with Gasteiger partial charge in [-0.15, -0.1) is 0 Å². The van der Waals surface area contributed by atoms with E-state index in [2.05, 4.69) is 27.8 Å². The Morgan fingerprint density at radius 2 is 2.40 bits per heavy atom. The molecule has 0 aliphatic carbocycles. The highest BCUT2D eigenvalue weighted by Gasteiger charge is 1.97. The fourth-order valence-corrected chi connectivity index (χ4v) is 1.18. The van der Waals surface area contributed by atoms with Crippen LogP contribution in [0.4, 0.5) is 0 Å². The second-order valence-electron chi connectivity index (χ2n) is 3.15. The zero-order valence-corrected chi connectivity index (χ0v) is 9.82. The molecule has 0 aliphatic rings. The van der Waals surface area contributed by atoms with E-state index in [-0.39, 0.29) is 0 Å². The number of H-pyrrole nitrogens is 1. The summed E-state index contributed by atoms with van der Waals surface area (Å²) in [4.78, 5) is 3.07. The number of aromatic amines is 1. The molecule has 0 saturated heterocycles. The molecule has 5 heteroatoms. The summed E-state index contributed by atoms with van der Waals surface area (Å²) in [6, 6.07) is 3.89. The molecule has 1 aromatic rings. The van der Waals surface area contributed by atoms with Crippen molar-refractivity contribution >= 4 is 23.0 Å². The van der Waals surface area contributed by atoms with Crippen molar-refractivity contribution in [2.45, 2.75) is 20.3 Å². The molecule has 0 radical (unpaired) electrons. The molecule has 0 saturated carbocycles. The SMILES string of the molecule is CCCNC(=S)NN=C(C)c1ccc[nH]1. The second-order valence-corrected chi connectivity index (χ2v) is 3.56. The molecule has 0 atom stereocenters. The summed E-state index contributed by atoms with van der Waals surface area (Å²) in [5.74, 6) is 0. The minimum atomic E-state index is 0.558. The van der Waals surface area contributed by atoms with Gasteiger partial charge in [0.2, 0.25) is 0 Å². The lowest BCUT2D eigenvalue weighted by atomic mass is 10.3. The van der Waals surface area contributed by atoms with Crippen LogP contribution in [0.1, 0.15) is 26.0 Å². The van der Waals surface area contributed by atoms with Gasteiger partial charge < -0.3 is 10.3 Å². The normalized spacial score (nSPS) is 11.2. The molecule has 0 spiro atoms. The molecule has 1 rings (SSSR count). The Morgan fingerprint density at radius 1 is 1.60 bits per heavy atom. The Kier molecular flexibility index (Phi) is 4.83. The van der Waals surface area contributed by atoms with Crippen LogP contribution in [0, 0.1) is 0 Å². The van der Waals surface area contributed by atoms with Crippen molar-refractivity contribution in [3.8, 4) is 0 Å². The van der Waals surface area contributed by atoms with Gasteiger partial charge in [-0.2, -0.15) is 5.10 Å². The van der Waals surface area contributed by atoms with Crippen molar-refractivity contribution in [2.24, 2.45) is 5.10 Å². The predicted molar refractivity (Wildman–Crippen MR) is 67.0 cm³/mol. The first-order chi connectivity index (χ1) is 7.24. The van der Waals surface area contributed by atoms with Crippen LogP contribution < -0.4 is 10.7 Å². The number of hydrazone groups is 1. The zero-order valence-electron chi connectivity index (χ0n) is 9.00. The fraction of sp³-hybridized carbons (Fsp3) is 0.400. The summed E-state index contributed by atoms with van der Waals surface area (Å²) in [5, 5.41) is 7.75. The molecule has 1 aromatic heterocycles. The summed E-state index contributed by atoms with van der Waals surface area (Å²) in [6.45, 7) is 4.87. The third-order valence-electron chi connectivity index (χ3n) is 1.85. The average Bonchev–Trinajstić information content (AvgIpc) is 2.76. The van der Waals surface area contributed by atoms with Crippen LogP contribution in [0.2, 0.25) is 0 Å². The topological polar surface area (TPSA) is 52.2 Å². The van der Waals surface area contributed by atoms with E-state index in [4.69, 9.17) is 12.2 Å². The molecule has 0 fully saturated rings. The summed E-state index contributed by atoms with van der Waals surface area (Å²) in [6.07, 6.45) is 2.91. The number of hydrogen-bond donors (Lipinski definition) is 3. The van der Waals surface area contributed by atoms with Gasteiger partial charge in [0.15, 0.2) is 5.11 Å². The Morgan fingerprint density at radius 3 is 3.00 bits per heavy atom. The van der Waals surface area contributed by atoms with Gasteiger partial charge in [0.05, 0.1) is 11.4 Å². The van der Waals surface area contributed by atoms with Crippen molar-refractivity contribution in [1.82, 2.24) is 15.7 Å². The molecule has 0 aromatic carbocycles. The van der Waals surface area contributed by atoms with Crippen molar-refractivity contribution in [3.63, 3.8) is 0 Å². The average molecular weight is 224 g/mol. The standard InChI is InChI=1S/C10H16N4S/c1-3-6-12-10(15)14-13-8(2)9-5-4-7-11-9/h4-5,7,11H,3,6H2,1-2H3,(H2,12,14,15). The predicted octanol–water partition coefficient (Wildman–Crippen LogP) is 1.61. The fourth-order valence-electron chi connectivity index (χ4n) is 1.03. The number of nitrogens with one attached hydrogen (secondary N) is 3. The molecule has 1 heterocycles. The van der Waals surface area contributed by atoms with Gasteiger partial charge >= 0.3 is 0 Å². The van der Waals surface area contributed by atoms with E-state index in [0.29, 0.717) is 5.11 Å². The molecular formula is C10H16N4S. The molecule has 0 amide bonds. The van der Waals surface area contributed by atoms with Crippen LogP contribution >= 0.6 is 12.2 Å². The van der Waals surface area contributed by atoms with Crippen molar-refractivity contribution in [3.05, 3.63) is 24.0 Å². The number of aromatic nitrogens is 1. The van der Waals surface area contributed by atoms with Crippen LogP contribution in [0.25, 0.3) is 0 Å². The van der Waals surface area contributed by atoms with E-state index < -0.39 is 0 Å². The molecule has 82 valence electrons. The largest absolute Gasteiger partial charge is 0.361 e. The highest BCUT2D eigenvalue weighted by Crippen LogP contribution is 1.95. The van der Waals surface area contributed by atoms with Crippen LogP contribution in [0.15, 0.2) is 23.4 Å². The van der Waals surface area contributed by atoms with E-state index in [0.717, 1.165) is 24.4 Å². The molecule has 0 aliphatic heterocycles. The Balaban J connectivity index is 2.40. The van der Waals surface area contributed by atoms with E-state index in [9.17, 15) is 0 Å². The minimum absolute atomic E-state index is 0.558. The first-order valence-electron chi connectivity index (χ1n) is 4.96. The number of hydrogen-bond acceptors (Lipinski definition) is 2. The van der Waals surface area contributed by atoms with Crippen LogP contribution in [0.3, 0.4) is 0 Å². The van der Waals surface area contributed by atoms with Gasteiger partial charge in [-0.25, -0.2) is 0 Å².